The van der Waals surface area contributed by atoms with Crippen LogP contribution in [0.5, 0.6) is 0 Å². The van der Waals surface area contributed by atoms with Crippen molar-refractivity contribution in [1.82, 2.24) is 34.5 Å². The van der Waals surface area contributed by atoms with Crippen LogP contribution in [0.3, 0.4) is 0 Å². The summed E-state index contributed by atoms with van der Waals surface area (Å²) in [7, 11) is 0. The number of rotatable bonds is 7. The first-order valence-corrected chi connectivity index (χ1v) is 20.4. The zero-order chi connectivity index (χ0) is 41.0. The number of aromatic nitrogens is 7. The third-order valence-electron chi connectivity index (χ3n) is 11.3. The molecule has 290 valence electrons. The minimum Gasteiger partial charge on any atom is -0.434 e. The summed E-state index contributed by atoms with van der Waals surface area (Å²) in [5.41, 5.74) is 12.2. The van der Waals surface area contributed by atoms with Crippen LogP contribution in [0.4, 0.5) is 0 Å². The molecule has 0 aliphatic heterocycles. The van der Waals surface area contributed by atoms with Crippen molar-refractivity contribution in [1.29, 1.82) is 0 Å². The standard InChI is InChI=1S/C54H33N7O/c1-4-15-34(16-5-1)40-32-44-48-49(62-54(44)55-33-40)47(56-50(57-48)36-17-6-2-7-18-36)35-27-29-38(30-28-35)52-58-51(37-19-8-3-9-20-37)59-53(60-52)39-21-14-22-41(31-39)61-45-25-12-10-23-42(45)43-24-11-13-26-46(43)61/h1-33H. The Balaban J connectivity index is 0.982. The normalized spacial score (nSPS) is 11.5. The Labute approximate surface area is 355 Å². The molecule has 0 saturated heterocycles. The Morgan fingerprint density at radius 1 is 0.355 bits per heavy atom. The number of para-hydroxylation sites is 2. The average Bonchev–Trinajstić information content (AvgIpc) is 3.90. The van der Waals surface area contributed by atoms with E-state index in [1.54, 1.807) is 0 Å². The van der Waals surface area contributed by atoms with Crippen molar-refractivity contribution < 1.29 is 4.42 Å². The van der Waals surface area contributed by atoms with Gasteiger partial charge in [-0.05, 0) is 35.9 Å². The van der Waals surface area contributed by atoms with Crippen molar-refractivity contribution in [2.75, 3.05) is 0 Å². The smallest absolute Gasteiger partial charge is 0.229 e. The molecular formula is C54H33N7O. The largest absolute Gasteiger partial charge is 0.434 e. The Morgan fingerprint density at radius 2 is 0.855 bits per heavy atom. The minimum absolute atomic E-state index is 0.505. The number of benzene rings is 7. The van der Waals surface area contributed by atoms with E-state index in [2.05, 4.69) is 95.6 Å². The van der Waals surface area contributed by atoms with Crippen molar-refractivity contribution >= 4 is 44.0 Å². The Kier molecular flexibility index (Phi) is 8.31. The van der Waals surface area contributed by atoms with E-state index >= 15 is 0 Å². The molecule has 0 fully saturated rings. The number of furan rings is 1. The first kappa shape index (κ1) is 35.3. The zero-order valence-electron chi connectivity index (χ0n) is 33.1. The zero-order valence-corrected chi connectivity index (χ0v) is 33.1. The molecule has 0 aliphatic rings. The fourth-order valence-electron chi connectivity index (χ4n) is 8.34. The fraction of sp³-hybridized carbons (Fsp3) is 0. The number of fused-ring (bicyclic) bond motifs is 6. The van der Waals surface area contributed by atoms with Gasteiger partial charge in [-0.3, -0.25) is 0 Å². The van der Waals surface area contributed by atoms with E-state index in [-0.39, 0.29) is 0 Å². The van der Waals surface area contributed by atoms with Gasteiger partial charge in [0.1, 0.15) is 11.2 Å². The van der Waals surface area contributed by atoms with Crippen LogP contribution in [-0.4, -0.2) is 34.5 Å². The average molecular weight is 796 g/mol. The molecule has 0 amide bonds. The van der Waals surface area contributed by atoms with Crippen LogP contribution in [-0.2, 0) is 0 Å². The third-order valence-corrected chi connectivity index (χ3v) is 11.3. The van der Waals surface area contributed by atoms with E-state index in [0.717, 1.165) is 61.1 Å². The topological polar surface area (TPSA) is 95.4 Å². The molecule has 0 unspecified atom stereocenters. The molecule has 62 heavy (non-hydrogen) atoms. The molecule has 5 heterocycles. The first-order valence-electron chi connectivity index (χ1n) is 20.4. The summed E-state index contributed by atoms with van der Waals surface area (Å²) < 4.78 is 8.78. The number of pyridine rings is 1. The first-order chi connectivity index (χ1) is 30.7. The molecule has 8 nitrogen and oxygen atoms in total. The fourth-order valence-corrected chi connectivity index (χ4v) is 8.34. The third kappa shape index (κ3) is 6.09. The number of nitrogens with zero attached hydrogens (tertiary/aromatic N) is 7. The van der Waals surface area contributed by atoms with Gasteiger partial charge in [0.25, 0.3) is 0 Å². The molecule has 0 bridgehead atoms. The molecule has 8 heteroatoms. The molecule has 0 spiro atoms. The van der Waals surface area contributed by atoms with Crippen LogP contribution in [0, 0.1) is 0 Å². The molecule has 0 aliphatic carbocycles. The van der Waals surface area contributed by atoms with Crippen LogP contribution in [0.15, 0.2) is 205 Å². The van der Waals surface area contributed by atoms with Crippen LogP contribution in [0.2, 0.25) is 0 Å². The lowest BCUT2D eigenvalue weighted by atomic mass is 10.1. The summed E-state index contributed by atoms with van der Waals surface area (Å²) in [6, 6.07) is 66.0. The molecule has 12 aromatic rings. The second kappa shape index (κ2) is 14.6. The van der Waals surface area contributed by atoms with Gasteiger partial charge in [-0.2, -0.15) is 0 Å². The lowest BCUT2D eigenvalue weighted by molar-refractivity contribution is 0.653. The van der Waals surface area contributed by atoms with Gasteiger partial charge in [-0.25, -0.2) is 29.9 Å². The number of hydrogen-bond acceptors (Lipinski definition) is 7. The Hall–Kier alpha value is -8.62. The van der Waals surface area contributed by atoms with Crippen molar-refractivity contribution in [3.05, 3.63) is 200 Å². The quantitative estimate of drug-likeness (QED) is 0.158. The second-order valence-corrected chi connectivity index (χ2v) is 15.2. The minimum atomic E-state index is 0.505. The summed E-state index contributed by atoms with van der Waals surface area (Å²) >= 11 is 0. The predicted octanol–water partition coefficient (Wildman–Crippen LogP) is 13.1. The predicted molar refractivity (Wildman–Crippen MR) is 247 cm³/mol. The van der Waals surface area contributed by atoms with Gasteiger partial charge in [-0.15, -0.1) is 0 Å². The summed E-state index contributed by atoms with van der Waals surface area (Å²) in [5, 5.41) is 3.24. The molecule has 12 rings (SSSR count). The lowest BCUT2D eigenvalue weighted by Crippen LogP contribution is -2.01. The van der Waals surface area contributed by atoms with Gasteiger partial charge in [-0.1, -0.05) is 164 Å². The van der Waals surface area contributed by atoms with E-state index in [9.17, 15) is 0 Å². The molecule has 0 radical (unpaired) electrons. The van der Waals surface area contributed by atoms with Gasteiger partial charge < -0.3 is 8.98 Å². The SMILES string of the molecule is c1ccc(-c2cnc3oc4c(-c5ccc(-c6nc(-c7ccccc7)nc(-c7cccc(-n8c9ccccc9c9ccccc98)c7)n6)cc5)nc(-c5ccccc5)nc4c3c2)cc1. The van der Waals surface area contributed by atoms with E-state index < -0.39 is 0 Å². The molecule has 7 aromatic carbocycles. The van der Waals surface area contributed by atoms with Crippen molar-refractivity contribution in [3.8, 4) is 73.6 Å². The highest BCUT2D eigenvalue weighted by molar-refractivity contribution is 6.09. The summed E-state index contributed by atoms with van der Waals surface area (Å²) in [5.74, 6) is 2.33. The monoisotopic (exact) mass is 795 g/mol. The van der Waals surface area contributed by atoms with Crippen LogP contribution in [0.25, 0.3) is 118 Å². The van der Waals surface area contributed by atoms with Gasteiger partial charge >= 0.3 is 0 Å². The van der Waals surface area contributed by atoms with E-state index in [1.807, 2.05) is 109 Å². The summed E-state index contributed by atoms with van der Waals surface area (Å²) in [6.45, 7) is 0. The Morgan fingerprint density at radius 3 is 1.48 bits per heavy atom. The molecule has 5 aromatic heterocycles. The molecule has 0 N–H and O–H groups in total. The highest BCUT2D eigenvalue weighted by atomic mass is 16.3. The maximum atomic E-state index is 6.48. The van der Waals surface area contributed by atoms with Gasteiger partial charge in [0, 0.05) is 56.0 Å². The number of hydrogen-bond donors (Lipinski definition) is 0. The van der Waals surface area contributed by atoms with Gasteiger partial charge in [0.2, 0.25) is 5.71 Å². The van der Waals surface area contributed by atoms with Crippen LogP contribution >= 0.6 is 0 Å². The maximum Gasteiger partial charge on any atom is 0.229 e. The second-order valence-electron chi connectivity index (χ2n) is 15.2. The van der Waals surface area contributed by atoms with E-state index in [1.165, 1.54) is 10.8 Å². The molecular weight excluding hydrogens is 763 g/mol. The summed E-state index contributed by atoms with van der Waals surface area (Å²) in [4.78, 5) is 30.2. The van der Waals surface area contributed by atoms with Crippen molar-refractivity contribution in [2.45, 2.75) is 0 Å². The van der Waals surface area contributed by atoms with E-state index in [4.69, 9.17) is 34.3 Å². The lowest BCUT2D eigenvalue weighted by Gasteiger charge is -2.12. The summed E-state index contributed by atoms with van der Waals surface area (Å²) in [6.07, 6.45) is 1.84. The van der Waals surface area contributed by atoms with Crippen molar-refractivity contribution in [2.24, 2.45) is 0 Å². The van der Waals surface area contributed by atoms with Gasteiger partial charge in [0.05, 0.1) is 16.4 Å². The molecule has 0 saturated carbocycles. The maximum absolute atomic E-state index is 6.48. The highest BCUT2D eigenvalue weighted by Crippen LogP contribution is 2.38. The van der Waals surface area contributed by atoms with Crippen LogP contribution < -0.4 is 0 Å². The van der Waals surface area contributed by atoms with Crippen LogP contribution in [0.1, 0.15) is 0 Å². The van der Waals surface area contributed by atoms with Crippen molar-refractivity contribution in [3.63, 3.8) is 0 Å². The van der Waals surface area contributed by atoms with Gasteiger partial charge in [0.15, 0.2) is 28.9 Å². The Bertz CT molecular complexity index is 3570. The molecule has 0 atom stereocenters. The van der Waals surface area contributed by atoms with E-state index in [0.29, 0.717) is 45.8 Å². The highest BCUT2D eigenvalue weighted by Gasteiger charge is 2.21.